The van der Waals surface area contributed by atoms with E-state index in [0.29, 0.717) is 48.5 Å². The quantitative estimate of drug-likeness (QED) is 0.102. The summed E-state index contributed by atoms with van der Waals surface area (Å²) in [6, 6.07) is 13.6. The Kier molecular flexibility index (Phi) is 14.9. The van der Waals surface area contributed by atoms with E-state index >= 15 is 0 Å². The molecular weight excluding hydrogens is 516 g/mol. The summed E-state index contributed by atoms with van der Waals surface area (Å²) in [7, 11) is 0. The molecule has 0 amide bonds. The topological polar surface area (TPSA) is 71.1 Å². The van der Waals surface area contributed by atoms with Gasteiger partial charge in [-0.05, 0) is 55.2 Å². The highest BCUT2D eigenvalue weighted by Gasteiger charge is 2.25. The van der Waals surface area contributed by atoms with Gasteiger partial charge in [-0.1, -0.05) is 97.1 Å². The zero-order valence-electron chi connectivity index (χ0n) is 25.4. The molecule has 1 saturated heterocycles. The van der Waals surface area contributed by atoms with Gasteiger partial charge in [-0.15, -0.1) is 0 Å². The first-order valence-electron chi connectivity index (χ1n) is 15.8. The summed E-state index contributed by atoms with van der Waals surface area (Å²) in [5, 5.41) is 0. The second kappa shape index (κ2) is 18.7. The molecule has 6 nitrogen and oxygen atoms in total. The predicted molar refractivity (Wildman–Crippen MR) is 162 cm³/mol. The van der Waals surface area contributed by atoms with E-state index in [0.717, 1.165) is 31.2 Å². The summed E-state index contributed by atoms with van der Waals surface area (Å²) in [5.74, 6) is 0.641. The SMILES string of the molecule is CCCCCCCCCCCCOC(=O)c1ccc(OC(=O)c2ccc(C3OCC(CC(C)CC)CO3)cc2)cc1. The van der Waals surface area contributed by atoms with E-state index in [1.165, 1.54) is 51.4 Å². The molecule has 3 rings (SSSR count). The summed E-state index contributed by atoms with van der Waals surface area (Å²) in [6.45, 7) is 8.50. The molecule has 1 unspecified atom stereocenters. The van der Waals surface area contributed by atoms with Crippen LogP contribution in [0.5, 0.6) is 5.75 Å². The lowest BCUT2D eigenvalue weighted by molar-refractivity contribution is -0.207. The Morgan fingerprint density at radius 1 is 0.756 bits per heavy atom. The first-order chi connectivity index (χ1) is 20.0. The number of hydrogen-bond donors (Lipinski definition) is 0. The van der Waals surface area contributed by atoms with Crippen molar-refractivity contribution in [1.29, 1.82) is 0 Å². The lowest BCUT2D eigenvalue weighted by atomic mass is 9.94. The van der Waals surface area contributed by atoms with Crippen LogP contribution in [0.3, 0.4) is 0 Å². The van der Waals surface area contributed by atoms with Crippen LogP contribution in [0.25, 0.3) is 0 Å². The van der Waals surface area contributed by atoms with E-state index in [-0.39, 0.29) is 5.97 Å². The maximum absolute atomic E-state index is 12.6. The normalized spacial score (nSPS) is 17.6. The molecule has 0 saturated carbocycles. The second-order valence-corrected chi connectivity index (χ2v) is 11.5. The fraction of sp³-hybridized carbons (Fsp3) is 0.600. The molecule has 226 valence electrons. The largest absolute Gasteiger partial charge is 0.462 e. The molecule has 1 fully saturated rings. The van der Waals surface area contributed by atoms with Crippen molar-refractivity contribution in [2.45, 2.75) is 104 Å². The van der Waals surface area contributed by atoms with Gasteiger partial charge in [0.2, 0.25) is 0 Å². The fourth-order valence-corrected chi connectivity index (χ4v) is 5.05. The molecule has 41 heavy (non-hydrogen) atoms. The summed E-state index contributed by atoms with van der Waals surface area (Å²) < 4.78 is 22.8. The van der Waals surface area contributed by atoms with E-state index in [9.17, 15) is 9.59 Å². The van der Waals surface area contributed by atoms with Gasteiger partial charge in [-0.2, -0.15) is 0 Å². The number of carbonyl (C=O) groups excluding carboxylic acids is 2. The molecule has 2 aromatic carbocycles. The third-order valence-electron chi connectivity index (χ3n) is 7.85. The van der Waals surface area contributed by atoms with Crippen molar-refractivity contribution in [3.05, 3.63) is 65.2 Å². The second-order valence-electron chi connectivity index (χ2n) is 11.5. The van der Waals surface area contributed by atoms with Gasteiger partial charge < -0.3 is 18.9 Å². The number of carbonyl (C=O) groups is 2. The lowest BCUT2D eigenvalue weighted by Crippen LogP contribution is -2.28. The van der Waals surface area contributed by atoms with Gasteiger partial charge >= 0.3 is 11.9 Å². The summed E-state index contributed by atoms with van der Waals surface area (Å²) >= 11 is 0. The van der Waals surface area contributed by atoms with Crippen molar-refractivity contribution in [1.82, 2.24) is 0 Å². The van der Waals surface area contributed by atoms with Gasteiger partial charge in [0.1, 0.15) is 5.75 Å². The minimum atomic E-state index is -0.466. The first-order valence-corrected chi connectivity index (χ1v) is 15.8. The van der Waals surface area contributed by atoms with E-state index in [2.05, 4.69) is 20.8 Å². The van der Waals surface area contributed by atoms with E-state index in [1.807, 2.05) is 12.1 Å². The van der Waals surface area contributed by atoms with E-state index in [1.54, 1.807) is 36.4 Å². The number of benzene rings is 2. The van der Waals surface area contributed by atoms with Gasteiger partial charge in [0.25, 0.3) is 0 Å². The Labute approximate surface area is 247 Å². The monoisotopic (exact) mass is 566 g/mol. The van der Waals surface area contributed by atoms with Crippen molar-refractivity contribution in [2.75, 3.05) is 19.8 Å². The van der Waals surface area contributed by atoms with Crippen molar-refractivity contribution in [3.63, 3.8) is 0 Å². The van der Waals surface area contributed by atoms with Crippen LogP contribution in [0.2, 0.25) is 0 Å². The van der Waals surface area contributed by atoms with Crippen molar-refractivity contribution in [3.8, 4) is 5.75 Å². The molecule has 2 aromatic rings. The Balaban J connectivity index is 1.33. The minimum Gasteiger partial charge on any atom is -0.462 e. The molecule has 0 spiro atoms. The van der Waals surface area contributed by atoms with Crippen molar-refractivity contribution in [2.24, 2.45) is 11.8 Å². The molecule has 0 bridgehead atoms. The fourth-order valence-electron chi connectivity index (χ4n) is 5.05. The highest BCUT2D eigenvalue weighted by molar-refractivity contribution is 5.92. The third kappa shape index (κ3) is 12.0. The Morgan fingerprint density at radius 3 is 1.88 bits per heavy atom. The maximum atomic E-state index is 12.6. The van der Waals surface area contributed by atoms with Gasteiger partial charge in [0, 0.05) is 11.5 Å². The number of rotatable bonds is 18. The maximum Gasteiger partial charge on any atom is 0.343 e. The molecule has 1 aliphatic heterocycles. The average molecular weight is 567 g/mol. The van der Waals surface area contributed by atoms with Crippen LogP contribution in [0, 0.1) is 11.8 Å². The number of esters is 2. The van der Waals surface area contributed by atoms with E-state index in [4.69, 9.17) is 18.9 Å². The number of unbranched alkanes of at least 4 members (excludes halogenated alkanes) is 9. The van der Waals surface area contributed by atoms with Crippen LogP contribution in [0.1, 0.15) is 130 Å². The highest BCUT2D eigenvalue weighted by atomic mass is 16.7. The third-order valence-corrected chi connectivity index (χ3v) is 7.85. The zero-order valence-corrected chi connectivity index (χ0v) is 25.4. The van der Waals surface area contributed by atoms with Crippen LogP contribution >= 0.6 is 0 Å². The van der Waals surface area contributed by atoms with Crippen LogP contribution in [0.4, 0.5) is 0 Å². The Bertz CT molecular complexity index is 1010. The molecule has 0 aromatic heterocycles. The molecular formula is C35H50O6. The molecule has 1 aliphatic rings. The lowest BCUT2D eigenvalue weighted by Gasteiger charge is -2.30. The van der Waals surface area contributed by atoms with Crippen molar-refractivity contribution >= 4 is 11.9 Å². The molecule has 6 heteroatoms. The van der Waals surface area contributed by atoms with Crippen LogP contribution in [0.15, 0.2) is 48.5 Å². The van der Waals surface area contributed by atoms with Crippen molar-refractivity contribution < 1.29 is 28.5 Å². The van der Waals surface area contributed by atoms with Crippen LogP contribution in [-0.2, 0) is 14.2 Å². The minimum absolute atomic E-state index is 0.354. The smallest absolute Gasteiger partial charge is 0.343 e. The molecule has 1 atom stereocenters. The molecule has 1 heterocycles. The molecule has 0 N–H and O–H groups in total. The summed E-state index contributed by atoms with van der Waals surface area (Å²) in [6.07, 6.45) is 14.2. The van der Waals surface area contributed by atoms with E-state index < -0.39 is 12.3 Å². The Morgan fingerprint density at radius 2 is 1.29 bits per heavy atom. The summed E-state index contributed by atoms with van der Waals surface area (Å²) in [5.41, 5.74) is 1.75. The number of ether oxygens (including phenoxy) is 4. The summed E-state index contributed by atoms with van der Waals surface area (Å²) in [4.78, 5) is 25.0. The van der Waals surface area contributed by atoms with Gasteiger partial charge in [0.15, 0.2) is 6.29 Å². The zero-order chi connectivity index (χ0) is 29.3. The molecule has 0 aliphatic carbocycles. The Hall–Kier alpha value is -2.70. The first kappa shape index (κ1) is 32.8. The molecule has 0 radical (unpaired) electrons. The number of hydrogen-bond acceptors (Lipinski definition) is 6. The standard InChI is InChI=1S/C35H50O6/c1-4-6-7-8-9-10-11-12-13-14-23-38-33(36)29-19-21-32(22-20-29)41-34(37)30-15-17-31(18-16-30)35-39-25-28(26-40-35)24-27(3)5-2/h15-22,27-28,35H,4-14,23-26H2,1-3H3. The van der Waals surface area contributed by atoms with Gasteiger partial charge in [-0.25, -0.2) is 9.59 Å². The van der Waals surface area contributed by atoms with Crippen LogP contribution in [-0.4, -0.2) is 31.8 Å². The van der Waals surface area contributed by atoms with Crippen LogP contribution < -0.4 is 4.74 Å². The average Bonchev–Trinajstić information content (AvgIpc) is 3.00. The highest BCUT2D eigenvalue weighted by Crippen LogP contribution is 2.29. The predicted octanol–water partition coefficient (Wildman–Crippen LogP) is 9.08. The van der Waals surface area contributed by atoms with Gasteiger partial charge in [0.05, 0.1) is 30.9 Å². The van der Waals surface area contributed by atoms with Gasteiger partial charge in [-0.3, -0.25) is 0 Å².